The van der Waals surface area contributed by atoms with Crippen LogP contribution >= 0.6 is 0 Å². The highest BCUT2D eigenvalue weighted by atomic mass is 16.6. The first-order valence-corrected chi connectivity index (χ1v) is 8.16. The topological polar surface area (TPSA) is 49.9 Å². The summed E-state index contributed by atoms with van der Waals surface area (Å²) in [5, 5.41) is 0. The first kappa shape index (κ1) is 15.8. The molecule has 0 aromatic heterocycles. The van der Waals surface area contributed by atoms with E-state index in [9.17, 15) is 9.59 Å². The van der Waals surface area contributed by atoms with Crippen LogP contribution in [-0.2, 0) is 16.1 Å². The van der Waals surface area contributed by atoms with Crippen LogP contribution in [0.4, 0.5) is 4.79 Å². The Hall–Kier alpha value is -2.04. The maximum absolute atomic E-state index is 12.9. The van der Waals surface area contributed by atoms with Crippen LogP contribution in [0.5, 0.6) is 0 Å². The zero-order valence-electron chi connectivity index (χ0n) is 14.0. The summed E-state index contributed by atoms with van der Waals surface area (Å²) >= 11 is 0. The van der Waals surface area contributed by atoms with Gasteiger partial charge in [-0.05, 0) is 39.2 Å². The Balaban J connectivity index is 1.71. The van der Waals surface area contributed by atoms with Gasteiger partial charge in [-0.15, -0.1) is 0 Å². The van der Waals surface area contributed by atoms with Crippen molar-refractivity contribution in [1.29, 1.82) is 0 Å². The van der Waals surface area contributed by atoms with Gasteiger partial charge in [0.25, 0.3) is 0 Å². The maximum Gasteiger partial charge on any atom is 0.411 e. The normalized spacial score (nSPS) is 19.9. The molecular formula is C18H24N2O3. The van der Waals surface area contributed by atoms with Crippen LogP contribution in [0.15, 0.2) is 30.3 Å². The van der Waals surface area contributed by atoms with Gasteiger partial charge >= 0.3 is 6.09 Å². The van der Waals surface area contributed by atoms with Crippen molar-refractivity contribution in [3.8, 4) is 0 Å². The summed E-state index contributed by atoms with van der Waals surface area (Å²) < 4.78 is 5.47. The van der Waals surface area contributed by atoms with Crippen LogP contribution < -0.4 is 0 Å². The Morgan fingerprint density at radius 1 is 1.17 bits per heavy atom. The van der Waals surface area contributed by atoms with Gasteiger partial charge in [0.15, 0.2) is 0 Å². The molecule has 0 bridgehead atoms. The minimum Gasteiger partial charge on any atom is -0.444 e. The van der Waals surface area contributed by atoms with Crippen LogP contribution in [0.25, 0.3) is 0 Å². The lowest BCUT2D eigenvalue weighted by atomic mass is 10.1. The SMILES string of the molecule is CC(C)(C)OC(=O)N1CCN(Cc2ccccc2)C(=O)C12CC2. The monoisotopic (exact) mass is 316 g/mol. The summed E-state index contributed by atoms with van der Waals surface area (Å²) in [6.45, 7) is 7.22. The summed E-state index contributed by atoms with van der Waals surface area (Å²) in [7, 11) is 0. The molecule has 1 saturated heterocycles. The van der Waals surface area contributed by atoms with Crippen molar-refractivity contribution in [2.45, 2.75) is 51.3 Å². The van der Waals surface area contributed by atoms with Gasteiger partial charge in [0, 0.05) is 19.6 Å². The minimum atomic E-state index is -0.657. The van der Waals surface area contributed by atoms with Crippen LogP contribution in [-0.4, -0.2) is 46.0 Å². The van der Waals surface area contributed by atoms with Gasteiger partial charge in [0.05, 0.1) is 0 Å². The molecule has 1 aliphatic carbocycles. The zero-order chi connectivity index (χ0) is 16.7. The molecule has 5 heteroatoms. The number of carbonyl (C=O) groups excluding carboxylic acids is 2. The van der Waals surface area contributed by atoms with E-state index in [0.29, 0.717) is 19.6 Å². The second-order valence-electron chi connectivity index (χ2n) is 7.38. The second kappa shape index (κ2) is 5.55. The van der Waals surface area contributed by atoms with Gasteiger partial charge in [-0.3, -0.25) is 9.69 Å². The fourth-order valence-electron chi connectivity index (χ4n) is 3.09. The van der Waals surface area contributed by atoms with E-state index in [4.69, 9.17) is 4.74 Å². The van der Waals surface area contributed by atoms with Gasteiger partial charge in [-0.25, -0.2) is 4.79 Å². The highest BCUT2D eigenvalue weighted by Gasteiger charge is 2.60. The molecular weight excluding hydrogens is 292 g/mol. The fraction of sp³-hybridized carbons (Fsp3) is 0.556. The van der Waals surface area contributed by atoms with E-state index in [1.807, 2.05) is 56.0 Å². The molecule has 1 aliphatic heterocycles. The number of hydrogen-bond acceptors (Lipinski definition) is 3. The maximum atomic E-state index is 12.9. The number of carbonyl (C=O) groups is 2. The number of rotatable bonds is 2. The van der Waals surface area contributed by atoms with Gasteiger partial charge in [0.2, 0.25) is 5.91 Å². The summed E-state index contributed by atoms with van der Waals surface area (Å²) in [4.78, 5) is 28.8. The van der Waals surface area contributed by atoms with E-state index < -0.39 is 11.1 Å². The average molecular weight is 316 g/mol. The predicted octanol–water partition coefficient (Wildman–Crippen LogP) is 2.80. The summed E-state index contributed by atoms with van der Waals surface area (Å²) in [5.74, 6) is 0.0541. The van der Waals surface area contributed by atoms with Gasteiger partial charge in [-0.2, -0.15) is 0 Å². The van der Waals surface area contributed by atoms with Gasteiger partial charge in [-0.1, -0.05) is 30.3 Å². The van der Waals surface area contributed by atoms with Gasteiger partial charge < -0.3 is 9.64 Å². The number of hydrogen-bond donors (Lipinski definition) is 0. The lowest BCUT2D eigenvalue weighted by Gasteiger charge is -2.41. The molecule has 0 unspecified atom stereocenters. The molecule has 2 fully saturated rings. The van der Waals surface area contributed by atoms with E-state index in [1.54, 1.807) is 4.90 Å². The van der Waals surface area contributed by atoms with Crippen LogP contribution in [0, 0.1) is 0 Å². The molecule has 1 spiro atoms. The van der Waals surface area contributed by atoms with Crippen molar-refractivity contribution in [1.82, 2.24) is 9.80 Å². The molecule has 2 amide bonds. The molecule has 124 valence electrons. The second-order valence-corrected chi connectivity index (χ2v) is 7.38. The number of ether oxygens (including phenoxy) is 1. The standard InChI is InChI=1S/C18H24N2O3/c1-17(2,3)23-16(22)20-12-11-19(15(21)18(20)9-10-18)13-14-7-5-4-6-8-14/h4-8H,9-13H2,1-3H3. The zero-order valence-corrected chi connectivity index (χ0v) is 14.0. The van der Waals surface area contributed by atoms with Crippen LogP contribution in [0.1, 0.15) is 39.2 Å². The van der Waals surface area contributed by atoms with Gasteiger partial charge in [0.1, 0.15) is 11.1 Å². The highest BCUT2D eigenvalue weighted by molar-refractivity contribution is 5.94. The van der Waals surface area contributed by atoms with Crippen LogP contribution in [0.2, 0.25) is 0 Å². The van der Waals surface area contributed by atoms with E-state index in [1.165, 1.54) is 0 Å². The third-order valence-corrected chi connectivity index (χ3v) is 4.35. The molecule has 1 aromatic rings. The Bertz CT molecular complexity index is 602. The number of piperazine rings is 1. The Labute approximate surface area is 137 Å². The van der Waals surface area contributed by atoms with Crippen molar-refractivity contribution in [2.24, 2.45) is 0 Å². The smallest absolute Gasteiger partial charge is 0.411 e. The lowest BCUT2D eigenvalue weighted by Crippen LogP contribution is -2.60. The van der Waals surface area contributed by atoms with E-state index in [0.717, 1.165) is 18.4 Å². The molecule has 0 N–H and O–H groups in total. The quantitative estimate of drug-likeness (QED) is 0.843. The minimum absolute atomic E-state index is 0.0541. The molecule has 0 radical (unpaired) electrons. The molecule has 3 rings (SSSR count). The third kappa shape index (κ3) is 3.19. The Morgan fingerprint density at radius 3 is 2.39 bits per heavy atom. The molecule has 23 heavy (non-hydrogen) atoms. The number of benzene rings is 1. The highest BCUT2D eigenvalue weighted by Crippen LogP contribution is 2.46. The van der Waals surface area contributed by atoms with Crippen LogP contribution in [0.3, 0.4) is 0 Å². The largest absolute Gasteiger partial charge is 0.444 e. The van der Waals surface area contributed by atoms with Crippen molar-refractivity contribution >= 4 is 12.0 Å². The van der Waals surface area contributed by atoms with E-state index in [-0.39, 0.29) is 12.0 Å². The molecule has 5 nitrogen and oxygen atoms in total. The third-order valence-electron chi connectivity index (χ3n) is 4.35. The summed E-state index contributed by atoms with van der Waals surface area (Å²) in [6, 6.07) is 9.96. The average Bonchev–Trinajstić information content (AvgIpc) is 3.25. The Morgan fingerprint density at radius 2 is 1.83 bits per heavy atom. The number of amides is 2. The van der Waals surface area contributed by atoms with E-state index >= 15 is 0 Å². The molecule has 1 aromatic carbocycles. The van der Waals surface area contributed by atoms with E-state index in [2.05, 4.69) is 0 Å². The molecule has 2 aliphatic rings. The summed E-state index contributed by atoms with van der Waals surface area (Å²) in [6.07, 6.45) is 1.09. The Kier molecular flexibility index (Phi) is 3.82. The first-order valence-electron chi connectivity index (χ1n) is 8.16. The molecule has 1 saturated carbocycles. The predicted molar refractivity (Wildman–Crippen MR) is 86.8 cm³/mol. The molecule has 1 heterocycles. The van der Waals surface area contributed by atoms with Crippen molar-refractivity contribution in [3.63, 3.8) is 0 Å². The van der Waals surface area contributed by atoms with Crippen molar-refractivity contribution in [3.05, 3.63) is 35.9 Å². The number of nitrogens with zero attached hydrogens (tertiary/aromatic N) is 2. The first-order chi connectivity index (χ1) is 10.8. The van der Waals surface area contributed by atoms with Crippen molar-refractivity contribution < 1.29 is 14.3 Å². The summed E-state index contributed by atoms with van der Waals surface area (Å²) in [5.41, 5.74) is -0.0883. The fourth-order valence-corrected chi connectivity index (χ4v) is 3.09. The lowest BCUT2D eigenvalue weighted by molar-refractivity contribution is -0.144. The van der Waals surface area contributed by atoms with Crippen molar-refractivity contribution in [2.75, 3.05) is 13.1 Å². The molecule has 0 atom stereocenters.